The monoisotopic (exact) mass is 339 g/mol. The zero-order valence-electron chi connectivity index (χ0n) is 12.8. The van der Waals surface area contributed by atoms with Crippen molar-refractivity contribution in [1.82, 2.24) is 0 Å². The van der Waals surface area contributed by atoms with E-state index < -0.39 is 27.2 Å². The molecule has 0 aliphatic carbocycles. The van der Waals surface area contributed by atoms with Crippen LogP contribution in [-0.4, -0.2) is 15.8 Å². The average Bonchev–Trinajstić information content (AvgIpc) is 2.49. The predicted molar refractivity (Wildman–Crippen MR) is 78.5 cm³/mol. The van der Waals surface area contributed by atoms with Crippen molar-refractivity contribution < 1.29 is 49.3 Å². The Morgan fingerprint density at radius 3 is 2.21 bits per heavy atom. The number of anilines is 2. The van der Waals surface area contributed by atoms with Gasteiger partial charge in [0.25, 0.3) is 11.4 Å². The Morgan fingerprint density at radius 2 is 1.67 bits per heavy atom. The molecule has 0 atom stereocenters. The van der Waals surface area contributed by atoms with Gasteiger partial charge >= 0.3 is 29.6 Å². The van der Waals surface area contributed by atoms with Gasteiger partial charge in [0.15, 0.2) is 0 Å². The van der Waals surface area contributed by atoms with Crippen LogP contribution in [0.15, 0.2) is 36.4 Å². The first kappa shape index (κ1) is 19.6. The van der Waals surface area contributed by atoms with Gasteiger partial charge in [0.2, 0.25) is 0 Å². The topological polar surface area (TPSA) is 138 Å². The summed E-state index contributed by atoms with van der Waals surface area (Å²) in [5, 5.41) is 35.4. The molecule has 0 radical (unpaired) electrons. The van der Waals surface area contributed by atoms with Gasteiger partial charge in [0.1, 0.15) is 5.69 Å². The molecule has 24 heavy (non-hydrogen) atoms. The molecule has 1 N–H and O–H groups in total. The first-order valence-corrected chi connectivity index (χ1v) is 6.31. The molecule has 2 aromatic carbocycles. The first-order valence-electron chi connectivity index (χ1n) is 6.31. The number of carbonyl (C=O) groups excluding carboxylic acids is 1. The minimum atomic E-state index is -1.38. The molecule has 0 heterocycles. The molecule has 0 unspecified atom stereocenters. The molecule has 0 aromatic heterocycles. The van der Waals surface area contributed by atoms with E-state index in [-0.39, 0.29) is 40.8 Å². The Kier molecular flexibility index (Phi) is 6.41. The molecule has 0 bridgehead atoms. The van der Waals surface area contributed by atoms with Crippen molar-refractivity contribution in [2.45, 2.75) is 6.92 Å². The third-order valence-corrected chi connectivity index (χ3v) is 3.13. The minimum Gasteiger partial charge on any atom is -0.545 e. The number of aryl methyl sites for hydroxylation is 1. The largest absolute Gasteiger partial charge is 1.00 e. The van der Waals surface area contributed by atoms with Crippen molar-refractivity contribution in [3.8, 4) is 0 Å². The van der Waals surface area contributed by atoms with Crippen molar-refractivity contribution in [2.75, 3.05) is 5.32 Å². The van der Waals surface area contributed by atoms with Gasteiger partial charge in [0, 0.05) is 11.8 Å². The summed E-state index contributed by atoms with van der Waals surface area (Å²) in [5.41, 5.74) is -0.0203. The molecule has 0 fully saturated rings. The Balaban J connectivity index is 0.00000288. The number of benzene rings is 2. The van der Waals surface area contributed by atoms with Crippen LogP contribution in [-0.2, 0) is 0 Å². The van der Waals surface area contributed by atoms with E-state index in [9.17, 15) is 30.1 Å². The zero-order chi connectivity index (χ0) is 17.1. The standard InChI is InChI=1S/C14H11N3O6.Na/c1-8-2-3-9(14(18)19)6-12(8)15-11-5-4-10(16(20)21)7-13(11)17(22)23;/h2-7,15H,1H3,(H,18,19);/q;+1/p-1. The summed E-state index contributed by atoms with van der Waals surface area (Å²) >= 11 is 0. The number of nitrogens with zero attached hydrogens (tertiary/aromatic N) is 2. The van der Waals surface area contributed by atoms with Crippen LogP contribution in [0, 0.1) is 27.2 Å². The third-order valence-electron chi connectivity index (χ3n) is 3.13. The molecule has 0 amide bonds. The van der Waals surface area contributed by atoms with Gasteiger partial charge in [0.05, 0.1) is 21.9 Å². The number of aromatic carboxylic acids is 1. The molecule has 2 aromatic rings. The van der Waals surface area contributed by atoms with Gasteiger partial charge in [-0.25, -0.2) is 0 Å². The molecule has 0 aliphatic rings. The van der Waals surface area contributed by atoms with Gasteiger partial charge in [-0.05, 0) is 30.2 Å². The van der Waals surface area contributed by atoms with Crippen molar-refractivity contribution in [3.63, 3.8) is 0 Å². The second kappa shape index (κ2) is 7.86. The van der Waals surface area contributed by atoms with Crippen LogP contribution in [0.1, 0.15) is 15.9 Å². The quantitative estimate of drug-likeness (QED) is 0.415. The number of carbonyl (C=O) groups is 1. The van der Waals surface area contributed by atoms with Gasteiger partial charge in [-0.2, -0.15) is 0 Å². The maximum atomic E-state index is 11.1. The van der Waals surface area contributed by atoms with E-state index >= 15 is 0 Å². The van der Waals surface area contributed by atoms with E-state index in [0.29, 0.717) is 11.3 Å². The fourth-order valence-electron chi connectivity index (χ4n) is 1.92. The van der Waals surface area contributed by atoms with Crippen LogP contribution in [0.3, 0.4) is 0 Å². The Labute approximate surface area is 157 Å². The Bertz CT molecular complexity index is 824. The minimum absolute atomic E-state index is 0. The molecule has 9 nitrogen and oxygen atoms in total. The van der Waals surface area contributed by atoms with E-state index in [2.05, 4.69) is 5.32 Å². The summed E-state index contributed by atoms with van der Waals surface area (Å²) in [6, 6.07) is 7.29. The molecule has 0 aliphatic heterocycles. The van der Waals surface area contributed by atoms with Gasteiger partial charge in [-0.15, -0.1) is 0 Å². The maximum absolute atomic E-state index is 11.1. The molecule has 10 heteroatoms. The molecular weight excluding hydrogens is 329 g/mol. The summed E-state index contributed by atoms with van der Waals surface area (Å²) in [4.78, 5) is 31.2. The summed E-state index contributed by atoms with van der Waals surface area (Å²) in [6.07, 6.45) is 0. The van der Waals surface area contributed by atoms with E-state index in [1.807, 2.05) is 0 Å². The number of rotatable bonds is 5. The van der Waals surface area contributed by atoms with E-state index in [1.165, 1.54) is 24.3 Å². The number of hydrogen-bond donors (Lipinski definition) is 1. The van der Waals surface area contributed by atoms with Gasteiger partial charge in [-0.3, -0.25) is 20.2 Å². The molecule has 0 spiro atoms. The summed E-state index contributed by atoms with van der Waals surface area (Å²) in [6.45, 7) is 1.68. The maximum Gasteiger partial charge on any atom is 1.00 e. The zero-order valence-corrected chi connectivity index (χ0v) is 14.8. The summed E-state index contributed by atoms with van der Waals surface area (Å²) in [5.74, 6) is -1.38. The van der Waals surface area contributed by atoms with Crippen molar-refractivity contribution >= 4 is 28.7 Å². The van der Waals surface area contributed by atoms with Crippen LogP contribution >= 0.6 is 0 Å². The van der Waals surface area contributed by atoms with Crippen LogP contribution < -0.4 is 40.0 Å². The van der Waals surface area contributed by atoms with Crippen molar-refractivity contribution in [2.24, 2.45) is 0 Å². The molecular formula is C14H10N3NaO6. The summed E-state index contributed by atoms with van der Waals surface area (Å²) < 4.78 is 0. The second-order valence-electron chi connectivity index (χ2n) is 4.66. The van der Waals surface area contributed by atoms with Crippen LogP contribution in [0.2, 0.25) is 0 Å². The number of hydrogen-bond acceptors (Lipinski definition) is 7. The Hall–Kier alpha value is -2.49. The van der Waals surface area contributed by atoms with E-state index in [4.69, 9.17) is 0 Å². The number of nitro benzene ring substituents is 2. The van der Waals surface area contributed by atoms with Gasteiger partial charge < -0.3 is 15.2 Å². The third kappa shape index (κ3) is 4.28. The fourth-order valence-corrected chi connectivity index (χ4v) is 1.92. The predicted octanol–water partition coefficient (Wildman–Crippen LogP) is -1.08. The SMILES string of the molecule is Cc1ccc(C(=O)[O-])cc1Nc1ccc([N+](=O)[O-])cc1[N+](=O)[O-].[Na+]. The first-order chi connectivity index (χ1) is 10.8. The number of carboxylic acid groups (broad SMARTS) is 1. The summed E-state index contributed by atoms with van der Waals surface area (Å²) in [7, 11) is 0. The number of carboxylic acids is 1. The molecule has 118 valence electrons. The van der Waals surface area contributed by atoms with Crippen LogP contribution in [0.25, 0.3) is 0 Å². The van der Waals surface area contributed by atoms with E-state index in [1.54, 1.807) is 6.92 Å². The molecule has 0 saturated carbocycles. The van der Waals surface area contributed by atoms with Gasteiger partial charge in [-0.1, -0.05) is 12.1 Å². The average molecular weight is 339 g/mol. The van der Waals surface area contributed by atoms with Crippen LogP contribution in [0.5, 0.6) is 0 Å². The van der Waals surface area contributed by atoms with Crippen molar-refractivity contribution in [3.05, 3.63) is 67.8 Å². The molecule has 0 saturated heterocycles. The number of non-ortho nitro benzene ring substituents is 1. The normalized spacial score (nSPS) is 9.71. The van der Waals surface area contributed by atoms with Crippen LogP contribution in [0.4, 0.5) is 22.7 Å². The van der Waals surface area contributed by atoms with E-state index in [0.717, 1.165) is 12.1 Å². The number of nitro groups is 2. The second-order valence-corrected chi connectivity index (χ2v) is 4.66. The number of nitrogens with one attached hydrogen (secondary N) is 1. The fraction of sp³-hybridized carbons (Fsp3) is 0.0714. The smallest absolute Gasteiger partial charge is 0.545 e. The molecule has 2 rings (SSSR count). The van der Waals surface area contributed by atoms with Crippen molar-refractivity contribution in [1.29, 1.82) is 0 Å². The Morgan fingerprint density at radius 1 is 1.00 bits per heavy atom.